The van der Waals surface area contributed by atoms with Crippen molar-refractivity contribution in [3.05, 3.63) is 34.1 Å². The molecule has 1 aromatic carbocycles. The zero-order valence-electron chi connectivity index (χ0n) is 7.14. The lowest BCUT2D eigenvalue weighted by molar-refractivity contribution is -0.117. The van der Waals surface area contributed by atoms with E-state index in [4.69, 9.17) is 5.73 Å². The molecule has 1 amide bonds. The average Bonchev–Trinajstić information content (AvgIpc) is 2.11. The zero-order valence-corrected chi connectivity index (χ0v) is 10.3. The Morgan fingerprint density at radius 3 is 2.71 bits per heavy atom. The van der Waals surface area contributed by atoms with E-state index in [0.717, 1.165) is 5.56 Å². The number of primary amides is 1. The molecule has 0 saturated carbocycles. The zero-order chi connectivity index (χ0) is 10.7. The predicted molar refractivity (Wildman–Crippen MR) is 59.7 cm³/mol. The van der Waals surface area contributed by atoms with E-state index in [2.05, 4.69) is 31.9 Å². The van der Waals surface area contributed by atoms with Crippen molar-refractivity contribution in [1.29, 1.82) is 0 Å². The Morgan fingerprint density at radius 1 is 1.57 bits per heavy atom. The van der Waals surface area contributed by atoms with Crippen LogP contribution in [0.5, 0.6) is 0 Å². The fourth-order valence-electron chi connectivity index (χ4n) is 0.974. The van der Waals surface area contributed by atoms with E-state index < -0.39 is 10.7 Å². The Labute approximate surface area is 97.9 Å². The van der Waals surface area contributed by atoms with Crippen LogP contribution in [0.1, 0.15) is 5.56 Å². The summed E-state index contributed by atoms with van der Waals surface area (Å²) in [6.07, 6.45) is 0.453. The van der Waals surface area contributed by atoms with Gasteiger partial charge in [0.2, 0.25) is 5.91 Å². The summed E-state index contributed by atoms with van der Waals surface area (Å²) in [5.74, 6) is -0.746. The molecule has 1 atom stereocenters. The molecule has 0 bridgehead atoms. The minimum atomic E-state index is -0.426. The number of carbonyl (C=O) groups is 1. The Bertz CT molecular complexity index is 357. The van der Waals surface area contributed by atoms with Crippen molar-refractivity contribution in [2.24, 2.45) is 5.73 Å². The van der Waals surface area contributed by atoms with Gasteiger partial charge in [-0.15, -0.1) is 0 Å². The van der Waals surface area contributed by atoms with E-state index >= 15 is 0 Å². The molecule has 2 nitrogen and oxygen atoms in total. The van der Waals surface area contributed by atoms with Crippen molar-refractivity contribution in [3.63, 3.8) is 0 Å². The van der Waals surface area contributed by atoms with Crippen LogP contribution in [0.25, 0.3) is 0 Å². The SMILES string of the molecule is NC(=O)C(Br)Cc1ccc(F)c(Br)c1. The van der Waals surface area contributed by atoms with Crippen molar-refractivity contribution in [1.82, 2.24) is 0 Å². The molecule has 0 aliphatic rings. The van der Waals surface area contributed by atoms with Crippen LogP contribution in [0.3, 0.4) is 0 Å². The maximum Gasteiger partial charge on any atom is 0.231 e. The standard InChI is InChI=1S/C9H8Br2FNO/c10-6-3-5(1-2-8(6)12)4-7(11)9(13)14/h1-3,7H,4H2,(H2,13,14). The summed E-state index contributed by atoms with van der Waals surface area (Å²) in [7, 11) is 0. The predicted octanol–water partition coefficient (Wildman–Crippen LogP) is 2.38. The lowest BCUT2D eigenvalue weighted by Gasteiger charge is -2.06. The highest BCUT2D eigenvalue weighted by Crippen LogP contribution is 2.19. The molecule has 0 aliphatic carbocycles. The third-order valence-corrected chi connectivity index (χ3v) is 3.09. The monoisotopic (exact) mass is 323 g/mol. The van der Waals surface area contributed by atoms with E-state index in [-0.39, 0.29) is 5.82 Å². The van der Waals surface area contributed by atoms with E-state index in [1.165, 1.54) is 6.07 Å². The third-order valence-electron chi connectivity index (χ3n) is 1.71. The van der Waals surface area contributed by atoms with Crippen LogP contribution in [0.15, 0.2) is 22.7 Å². The van der Waals surface area contributed by atoms with E-state index in [1.807, 2.05) is 0 Å². The summed E-state index contributed by atoms with van der Waals surface area (Å²) < 4.78 is 13.2. The Hall–Kier alpha value is -0.420. The van der Waals surface area contributed by atoms with Gasteiger partial charge in [-0.05, 0) is 40.0 Å². The third kappa shape index (κ3) is 3.06. The maximum absolute atomic E-state index is 12.8. The van der Waals surface area contributed by atoms with Crippen molar-refractivity contribution >= 4 is 37.8 Å². The summed E-state index contributed by atoms with van der Waals surface area (Å²) in [5, 5.41) is 0. The largest absolute Gasteiger partial charge is 0.369 e. The van der Waals surface area contributed by atoms with E-state index in [9.17, 15) is 9.18 Å². The van der Waals surface area contributed by atoms with Crippen LogP contribution < -0.4 is 5.73 Å². The number of nitrogens with two attached hydrogens (primary N) is 1. The van der Waals surface area contributed by atoms with E-state index in [0.29, 0.717) is 10.9 Å². The molecule has 0 aliphatic heterocycles. The normalized spacial score (nSPS) is 12.5. The molecular formula is C9H8Br2FNO. The molecule has 0 heterocycles. The topological polar surface area (TPSA) is 43.1 Å². The molecule has 14 heavy (non-hydrogen) atoms. The first-order chi connectivity index (χ1) is 6.50. The van der Waals surface area contributed by atoms with Gasteiger partial charge in [0.1, 0.15) is 5.82 Å². The molecule has 0 spiro atoms. The van der Waals surface area contributed by atoms with Gasteiger partial charge < -0.3 is 5.73 Å². The van der Waals surface area contributed by atoms with Gasteiger partial charge in [-0.25, -0.2) is 4.39 Å². The minimum absolute atomic E-state index is 0.320. The molecule has 76 valence electrons. The van der Waals surface area contributed by atoms with Crippen LogP contribution in [0.4, 0.5) is 4.39 Å². The second-order valence-electron chi connectivity index (χ2n) is 2.82. The summed E-state index contributed by atoms with van der Waals surface area (Å²) in [4.78, 5) is 10.3. The number of rotatable bonds is 3. The number of hydrogen-bond acceptors (Lipinski definition) is 1. The molecule has 0 radical (unpaired) electrons. The maximum atomic E-state index is 12.8. The second-order valence-corrected chi connectivity index (χ2v) is 4.78. The fraction of sp³-hybridized carbons (Fsp3) is 0.222. The highest BCUT2D eigenvalue weighted by molar-refractivity contribution is 9.10. The first kappa shape index (κ1) is 11.7. The minimum Gasteiger partial charge on any atom is -0.369 e. The second kappa shape index (κ2) is 4.89. The molecule has 5 heteroatoms. The number of carbonyl (C=O) groups excluding carboxylic acids is 1. The van der Waals surface area contributed by atoms with Crippen molar-refractivity contribution < 1.29 is 9.18 Å². The van der Waals surface area contributed by atoms with Gasteiger partial charge in [-0.2, -0.15) is 0 Å². The van der Waals surface area contributed by atoms with Gasteiger partial charge in [0, 0.05) is 0 Å². The van der Waals surface area contributed by atoms with Gasteiger partial charge in [-0.1, -0.05) is 22.0 Å². The molecule has 0 fully saturated rings. The van der Waals surface area contributed by atoms with Gasteiger partial charge in [0.05, 0.1) is 9.30 Å². The van der Waals surface area contributed by atoms with Crippen LogP contribution in [0, 0.1) is 5.82 Å². The fourth-order valence-corrected chi connectivity index (χ4v) is 1.77. The first-order valence-corrected chi connectivity index (χ1v) is 5.59. The number of alkyl halides is 1. The summed E-state index contributed by atoms with van der Waals surface area (Å²) >= 11 is 6.20. The Morgan fingerprint density at radius 2 is 2.21 bits per heavy atom. The number of halogens is 3. The van der Waals surface area contributed by atoms with Crippen molar-refractivity contribution in [2.45, 2.75) is 11.2 Å². The molecular weight excluding hydrogens is 317 g/mol. The number of amides is 1. The Kier molecular flexibility index (Phi) is 4.07. The van der Waals surface area contributed by atoms with E-state index in [1.54, 1.807) is 12.1 Å². The smallest absolute Gasteiger partial charge is 0.231 e. The van der Waals surface area contributed by atoms with Gasteiger partial charge in [-0.3, -0.25) is 4.79 Å². The van der Waals surface area contributed by atoms with Gasteiger partial charge in [0.15, 0.2) is 0 Å². The number of benzene rings is 1. The van der Waals surface area contributed by atoms with Crippen LogP contribution in [0.2, 0.25) is 0 Å². The first-order valence-electron chi connectivity index (χ1n) is 3.88. The highest BCUT2D eigenvalue weighted by Gasteiger charge is 2.12. The summed E-state index contributed by atoms with van der Waals surface area (Å²) in [6.45, 7) is 0. The summed E-state index contributed by atoms with van der Waals surface area (Å²) in [5.41, 5.74) is 5.93. The molecule has 2 N–H and O–H groups in total. The molecule has 1 aromatic rings. The summed E-state index contributed by atoms with van der Waals surface area (Å²) in [6, 6.07) is 4.60. The molecule has 1 rings (SSSR count). The average molecular weight is 325 g/mol. The van der Waals surface area contributed by atoms with Gasteiger partial charge in [0.25, 0.3) is 0 Å². The van der Waals surface area contributed by atoms with Crippen LogP contribution >= 0.6 is 31.9 Å². The quantitative estimate of drug-likeness (QED) is 0.852. The van der Waals surface area contributed by atoms with Crippen molar-refractivity contribution in [3.8, 4) is 0 Å². The number of hydrogen-bond donors (Lipinski definition) is 1. The van der Waals surface area contributed by atoms with Crippen LogP contribution in [-0.4, -0.2) is 10.7 Å². The molecule has 0 aromatic heterocycles. The molecule has 1 unspecified atom stereocenters. The lowest BCUT2D eigenvalue weighted by Crippen LogP contribution is -2.24. The lowest BCUT2D eigenvalue weighted by atomic mass is 10.1. The highest BCUT2D eigenvalue weighted by atomic mass is 79.9. The molecule has 0 saturated heterocycles. The van der Waals surface area contributed by atoms with Gasteiger partial charge >= 0.3 is 0 Å². The Balaban J connectivity index is 2.78. The van der Waals surface area contributed by atoms with Crippen LogP contribution in [-0.2, 0) is 11.2 Å². The van der Waals surface area contributed by atoms with Crippen molar-refractivity contribution in [2.75, 3.05) is 0 Å².